The molecular weight excluding hydrogens is 761 g/mol. The van der Waals surface area contributed by atoms with Crippen LogP contribution in [0, 0.1) is 0 Å². The molecule has 13 rings (SSSR count). The number of benzene rings is 10. The van der Waals surface area contributed by atoms with Crippen molar-refractivity contribution in [2.24, 2.45) is 0 Å². The van der Waals surface area contributed by atoms with Gasteiger partial charge in [-0.1, -0.05) is 184 Å². The summed E-state index contributed by atoms with van der Waals surface area (Å²) in [6.07, 6.45) is 4.23. The molecule has 294 valence electrons. The monoisotopic (exact) mass is 800 g/mol. The van der Waals surface area contributed by atoms with Gasteiger partial charge in [0.25, 0.3) is 0 Å². The maximum absolute atomic E-state index is 5.17. The van der Waals surface area contributed by atoms with E-state index in [2.05, 4.69) is 220 Å². The van der Waals surface area contributed by atoms with Crippen LogP contribution in [0.1, 0.15) is 25.0 Å². The Kier molecular flexibility index (Phi) is 7.68. The van der Waals surface area contributed by atoms with Crippen molar-refractivity contribution in [1.82, 2.24) is 9.97 Å². The zero-order chi connectivity index (χ0) is 41.8. The Morgan fingerprint density at radius 1 is 0.302 bits per heavy atom. The summed E-state index contributed by atoms with van der Waals surface area (Å²) < 4.78 is 0. The smallest absolute Gasteiger partial charge is 0.0708 e. The summed E-state index contributed by atoms with van der Waals surface area (Å²) in [6, 6.07) is 71.2. The van der Waals surface area contributed by atoms with E-state index in [1.165, 1.54) is 88.0 Å². The van der Waals surface area contributed by atoms with Gasteiger partial charge in [0.2, 0.25) is 0 Å². The first-order valence-corrected chi connectivity index (χ1v) is 21.9. The van der Waals surface area contributed by atoms with E-state index in [1.807, 2.05) is 0 Å². The molecule has 0 amide bonds. The van der Waals surface area contributed by atoms with Crippen LogP contribution in [0.5, 0.6) is 0 Å². The highest BCUT2D eigenvalue weighted by molar-refractivity contribution is 6.29. The molecule has 12 aromatic rings. The molecule has 2 aromatic heterocycles. The number of hydrogen-bond acceptors (Lipinski definition) is 2. The molecule has 0 N–H and O–H groups in total. The number of fused-ring (bicyclic) bond motifs is 11. The van der Waals surface area contributed by atoms with Gasteiger partial charge in [0.05, 0.1) is 11.0 Å². The van der Waals surface area contributed by atoms with Crippen LogP contribution in [0.4, 0.5) is 0 Å². The number of nitrogens with zero attached hydrogens (tertiary/aromatic N) is 2. The van der Waals surface area contributed by atoms with Gasteiger partial charge in [-0.25, -0.2) is 0 Å². The normalized spacial score (nSPS) is 13.0. The lowest BCUT2D eigenvalue weighted by Crippen LogP contribution is -2.14. The average Bonchev–Trinajstić information content (AvgIpc) is 3.57. The second kappa shape index (κ2) is 13.5. The third kappa shape index (κ3) is 5.19. The maximum Gasteiger partial charge on any atom is 0.0708 e. The highest BCUT2D eigenvalue weighted by Gasteiger charge is 2.35. The Labute approximate surface area is 365 Å². The van der Waals surface area contributed by atoms with Crippen molar-refractivity contribution in [3.05, 3.63) is 218 Å². The SMILES string of the molecule is CC1(C)c2ccccc2-c2ccc(-c3c4ccccc4c(-c4cccc(-c5c6ccccc6c(-c6ccccc6)c6c5cnc5ccccc56)c4)c4cnc5ccccc5c34)cc21. The van der Waals surface area contributed by atoms with E-state index in [1.54, 1.807) is 0 Å². The number of rotatable bonds is 4. The van der Waals surface area contributed by atoms with Crippen molar-refractivity contribution in [2.45, 2.75) is 19.3 Å². The number of hydrogen-bond donors (Lipinski definition) is 0. The lowest BCUT2D eigenvalue weighted by molar-refractivity contribution is 0.660. The predicted molar refractivity (Wildman–Crippen MR) is 266 cm³/mol. The molecule has 2 heteroatoms. The van der Waals surface area contributed by atoms with Crippen LogP contribution >= 0.6 is 0 Å². The standard InChI is InChI=1S/C61H40N2/c1-61(2)51-28-13-10-21-41(51)42-32-31-40(34-52(42)61)58-46-25-9-7-23-44(46)56(50-36-63-54-30-15-12-27-48(54)60(50)58)39-20-16-19-38(33-39)55-43-22-6-8-24-45(43)57(37-17-4-3-5-18-37)59-47-26-11-14-29-53(47)62-35-49(55)59/h3-36H,1-2H3. The largest absolute Gasteiger partial charge is 0.256 e. The van der Waals surface area contributed by atoms with Crippen molar-refractivity contribution in [3.8, 4) is 55.6 Å². The second-order valence-corrected chi connectivity index (χ2v) is 17.6. The molecule has 0 spiro atoms. The first-order valence-electron chi connectivity index (χ1n) is 21.9. The summed E-state index contributed by atoms with van der Waals surface area (Å²) in [6.45, 7) is 4.74. The zero-order valence-corrected chi connectivity index (χ0v) is 35.0. The number of pyridine rings is 2. The van der Waals surface area contributed by atoms with E-state index in [0.717, 1.165) is 43.7 Å². The third-order valence-corrected chi connectivity index (χ3v) is 13.9. The fourth-order valence-electron chi connectivity index (χ4n) is 11.1. The van der Waals surface area contributed by atoms with Crippen LogP contribution in [0.25, 0.3) is 121 Å². The molecule has 1 aliphatic carbocycles. The van der Waals surface area contributed by atoms with Gasteiger partial charge in [0, 0.05) is 50.1 Å². The highest BCUT2D eigenvalue weighted by atomic mass is 14.7. The minimum Gasteiger partial charge on any atom is -0.256 e. The van der Waals surface area contributed by atoms with Gasteiger partial charge in [-0.3, -0.25) is 9.97 Å². The number of para-hydroxylation sites is 2. The highest BCUT2D eigenvalue weighted by Crippen LogP contribution is 2.53. The summed E-state index contributed by atoms with van der Waals surface area (Å²) in [5.41, 5.74) is 16.9. The van der Waals surface area contributed by atoms with E-state index in [-0.39, 0.29) is 5.41 Å². The molecule has 1 aliphatic rings. The van der Waals surface area contributed by atoms with Crippen LogP contribution in [-0.4, -0.2) is 9.97 Å². The van der Waals surface area contributed by atoms with Gasteiger partial charge in [-0.15, -0.1) is 0 Å². The van der Waals surface area contributed by atoms with Crippen molar-refractivity contribution in [3.63, 3.8) is 0 Å². The lowest BCUT2D eigenvalue weighted by Gasteiger charge is -2.23. The topological polar surface area (TPSA) is 25.8 Å². The molecule has 10 aromatic carbocycles. The van der Waals surface area contributed by atoms with Crippen molar-refractivity contribution in [2.75, 3.05) is 0 Å². The maximum atomic E-state index is 5.17. The molecule has 0 aliphatic heterocycles. The minimum atomic E-state index is -0.118. The van der Waals surface area contributed by atoms with E-state index in [9.17, 15) is 0 Å². The van der Waals surface area contributed by atoms with Gasteiger partial charge in [0.15, 0.2) is 0 Å². The molecule has 0 unspecified atom stereocenters. The molecule has 0 saturated carbocycles. The quantitative estimate of drug-likeness (QED) is 0.131. The van der Waals surface area contributed by atoms with Crippen LogP contribution in [0.15, 0.2) is 207 Å². The summed E-state index contributed by atoms with van der Waals surface area (Å²) >= 11 is 0. The van der Waals surface area contributed by atoms with Crippen molar-refractivity contribution >= 4 is 64.9 Å². The van der Waals surface area contributed by atoms with Gasteiger partial charge < -0.3 is 0 Å². The Morgan fingerprint density at radius 3 is 1.32 bits per heavy atom. The van der Waals surface area contributed by atoms with Gasteiger partial charge in [0.1, 0.15) is 0 Å². The molecule has 0 bridgehead atoms. The number of aromatic nitrogens is 2. The molecular formula is C61H40N2. The van der Waals surface area contributed by atoms with Crippen LogP contribution in [-0.2, 0) is 5.41 Å². The second-order valence-electron chi connectivity index (χ2n) is 17.6. The molecule has 2 nitrogen and oxygen atoms in total. The fraction of sp³-hybridized carbons (Fsp3) is 0.0492. The van der Waals surface area contributed by atoms with Crippen molar-refractivity contribution in [1.29, 1.82) is 0 Å². The third-order valence-electron chi connectivity index (χ3n) is 13.9. The lowest BCUT2D eigenvalue weighted by atomic mass is 9.80. The van der Waals surface area contributed by atoms with E-state index in [0.29, 0.717) is 0 Å². The van der Waals surface area contributed by atoms with E-state index >= 15 is 0 Å². The molecule has 0 radical (unpaired) electrons. The van der Waals surface area contributed by atoms with Crippen LogP contribution < -0.4 is 0 Å². The fourth-order valence-corrected chi connectivity index (χ4v) is 11.1. The molecule has 0 fully saturated rings. The van der Waals surface area contributed by atoms with E-state index in [4.69, 9.17) is 9.97 Å². The average molecular weight is 801 g/mol. The molecule has 63 heavy (non-hydrogen) atoms. The van der Waals surface area contributed by atoms with E-state index < -0.39 is 0 Å². The Balaban J connectivity index is 1.11. The summed E-state index contributed by atoms with van der Waals surface area (Å²) in [7, 11) is 0. The predicted octanol–water partition coefficient (Wildman–Crippen LogP) is 16.4. The Hall–Kier alpha value is -7.94. The molecule has 0 atom stereocenters. The van der Waals surface area contributed by atoms with Crippen molar-refractivity contribution < 1.29 is 0 Å². The first-order chi connectivity index (χ1) is 31.0. The molecule has 2 heterocycles. The minimum absolute atomic E-state index is 0.118. The van der Waals surface area contributed by atoms with Gasteiger partial charge in [-0.2, -0.15) is 0 Å². The zero-order valence-electron chi connectivity index (χ0n) is 35.0. The summed E-state index contributed by atoms with van der Waals surface area (Å²) in [5, 5.41) is 11.9. The molecule has 0 saturated heterocycles. The summed E-state index contributed by atoms with van der Waals surface area (Å²) in [5.74, 6) is 0. The van der Waals surface area contributed by atoms with Gasteiger partial charge >= 0.3 is 0 Å². The Morgan fingerprint density at radius 2 is 0.730 bits per heavy atom. The summed E-state index contributed by atoms with van der Waals surface area (Å²) in [4.78, 5) is 10.3. The van der Waals surface area contributed by atoms with Gasteiger partial charge in [-0.05, 0) is 113 Å². The van der Waals surface area contributed by atoms with Crippen LogP contribution in [0.3, 0.4) is 0 Å². The first kappa shape index (κ1) is 35.8. The van der Waals surface area contributed by atoms with Crippen LogP contribution in [0.2, 0.25) is 0 Å². The Bertz CT molecular complexity index is 3880.